The molecule has 0 unspecified atom stereocenters. The first kappa shape index (κ1) is 9.20. The Hall–Kier alpha value is -0.890. The number of phenolic OH excluding ortho intramolecular Hbond substituents is 1. The first-order valence-corrected chi connectivity index (χ1v) is 4.91. The molecule has 1 N–H and O–H groups in total. The van der Waals surface area contributed by atoms with Crippen LogP contribution in [0.2, 0.25) is 0 Å². The number of benzene rings is 1. The van der Waals surface area contributed by atoms with Crippen LogP contribution < -0.4 is 0 Å². The van der Waals surface area contributed by atoms with Crippen LogP contribution in [0.5, 0.6) is 5.75 Å². The predicted molar refractivity (Wildman–Crippen MR) is 54.7 cm³/mol. The summed E-state index contributed by atoms with van der Waals surface area (Å²) < 4.78 is 0. The second-order valence-electron chi connectivity index (χ2n) is 2.59. The van der Waals surface area contributed by atoms with Crippen LogP contribution in [0.25, 0.3) is 6.08 Å². The summed E-state index contributed by atoms with van der Waals surface area (Å²) in [5, 5.41) is 9.29. The lowest BCUT2D eigenvalue weighted by Gasteiger charge is -2.07. The molecule has 0 atom stereocenters. The van der Waals surface area contributed by atoms with Gasteiger partial charge in [0.2, 0.25) is 0 Å². The molecule has 12 heavy (non-hydrogen) atoms. The molecule has 0 aliphatic rings. The van der Waals surface area contributed by atoms with Crippen molar-refractivity contribution in [3.63, 3.8) is 0 Å². The van der Waals surface area contributed by atoms with Gasteiger partial charge in [-0.1, -0.05) is 12.7 Å². The van der Waals surface area contributed by atoms with E-state index in [9.17, 15) is 5.11 Å². The van der Waals surface area contributed by atoms with Gasteiger partial charge in [-0.25, -0.2) is 0 Å². The highest BCUT2D eigenvalue weighted by Gasteiger charge is 2.03. The molecular weight excluding hydrogens is 168 g/mol. The minimum absolute atomic E-state index is 0.306. The molecule has 0 saturated carbocycles. The van der Waals surface area contributed by atoms with Gasteiger partial charge in [-0.05, 0) is 36.4 Å². The largest absolute Gasteiger partial charge is 0.508 e. The van der Waals surface area contributed by atoms with E-state index in [4.69, 9.17) is 0 Å². The zero-order valence-electron chi connectivity index (χ0n) is 7.29. The van der Waals surface area contributed by atoms with Crippen molar-refractivity contribution in [2.75, 3.05) is 6.26 Å². The number of hydrogen-bond donors (Lipinski definition) is 1. The molecule has 0 aromatic heterocycles. The van der Waals surface area contributed by atoms with E-state index in [-0.39, 0.29) is 0 Å². The van der Waals surface area contributed by atoms with Crippen molar-refractivity contribution in [2.45, 2.75) is 11.8 Å². The van der Waals surface area contributed by atoms with Gasteiger partial charge in [-0.3, -0.25) is 0 Å². The number of hydrogen-bond acceptors (Lipinski definition) is 2. The Balaban J connectivity index is 3.33. The van der Waals surface area contributed by atoms with Crippen LogP contribution in [0.1, 0.15) is 11.1 Å². The smallest absolute Gasteiger partial charge is 0.116 e. The lowest BCUT2D eigenvalue weighted by molar-refractivity contribution is 0.474. The van der Waals surface area contributed by atoms with Gasteiger partial charge >= 0.3 is 0 Å². The summed E-state index contributed by atoms with van der Waals surface area (Å²) in [6.45, 7) is 5.68. The monoisotopic (exact) mass is 180 g/mol. The quantitative estimate of drug-likeness (QED) is 0.706. The van der Waals surface area contributed by atoms with Crippen molar-refractivity contribution in [2.24, 2.45) is 0 Å². The lowest BCUT2D eigenvalue weighted by atomic mass is 10.1. The summed E-state index contributed by atoms with van der Waals surface area (Å²) in [7, 11) is 0. The molecule has 64 valence electrons. The van der Waals surface area contributed by atoms with E-state index in [1.54, 1.807) is 30.0 Å². The summed E-state index contributed by atoms with van der Waals surface area (Å²) in [6, 6.07) is 3.49. The minimum atomic E-state index is 0.306. The molecule has 2 heteroatoms. The van der Waals surface area contributed by atoms with Gasteiger partial charge in [0.15, 0.2) is 0 Å². The van der Waals surface area contributed by atoms with Crippen molar-refractivity contribution in [3.05, 3.63) is 29.8 Å². The number of thioether (sulfide) groups is 1. The molecule has 0 bridgehead atoms. The molecule has 1 nitrogen and oxygen atoms in total. The van der Waals surface area contributed by atoms with Crippen molar-refractivity contribution in [1.29, 1.82) is 0 Å². The van der Waals surface area contributed by atoms with E-state index in [1.807, 2.05) is 13.2 Å². The van der Waals surface area contributed by atoms with Crippen LogP contribution >= 0.6 is 11.8 Å². The van der Waals surface area contributed by atoms with Crippen molar-refractivity contribution in [1.82, 2.24) is 0 Å². The number of aryl methyl sites for hydroxylation is 1. The van der Waals surface area contributed by atoms with Crippen molar-refractivity contribution >= 4 is 17.8 Å². The Bertz CT molecular complexity index is 305. The van der Waals surface area contributed by atoms with E-state index in [2.05, 4.69) is 6.58 Å². The lowest BCUT2D eigenvalue weighted by Crippen LogP contribution is -1.83. The minimum Gasteiger partial charge on any atom is -0.508 e. The molecule has 0 aliphatic heterocycles. The highest BCUT2D eigenvalue weighted by molar-refractivity contribution is 7.98. The molecule has 1 aromatic carbocycles. The second kappa shape index (κ2) is 3.68. The summed E-state index contributed by atoms with van der Waals surface area (Å²) in [5.74, 6) is 0.306. The second-order valence-corrected chi connectivity index (χ2v) is 3.41. The Morgan fingerprint density at radius 3 is 2.67 bits per heavy atom. The highest BCUT2D eigenvalue weighted by atomic mass is 32.2. The van der Waals surface area contributed by atoms with Crippen LogP contribution in [-0.4, -0.2) is 11.4 Å². The fraction of sp³-hybridized carbons (Fsp3) is 0.200. The standard InChI is InChI=1S/C10H12OS/c1-4-8-6-9(11)5-7(2)10(8)12-3/h4-6,11H,1H2,2-3H3. The maximum atomic E-state index is 9.29. The third-order valence-corrected chi connectivity index (χ3v) is 2.68. The van der Waals surface area contributed by atoms with E-state index >= 15 is 0 Å². The first-order valence-electron chi connectivity index (χ1n) is 3.69. The predicted octanol–water partition coefficient (Wildman–Crippen LogP) is 3.07. The Morgan fingerprint density at radius 1 is 1.50 bits per heavy atom. The first-order chi connectivity index (χ1) is 5.69. The Morgan fingerprint density at radius 2 is 2.17 bits per heavy atom. The summed E-state index contributed by atoms with van der Waals surface area (Å²) in [5.41, 5.74) is 2.09. The van der Waals surface area contributed by atoms with Crippen LogP contribution in [0.3, 0.4) is 0 Å². The summed E-state index contributed by atoms with van der Waals surface area (Å²) >= 11 is 1.67. The summed E-state index contributed by atoms with van der Waals surface area (Å²) in [6.07, 6.45) is 3.78. The van der Waals surface area contributed by atoms with Gasteiger partial charge in [-0.2, -0.15) is 0 Å². The molecule has 0 fully saturated rings. The van der Waals surface area contributed by atoms with Crippen molar-refractivity contribution < 1.29 is 5.11 Å². The zero-order valence-corrected chi connectivity index (χ0v) is 8.11. The Kier molecular flexibility index (Phi) is 2.82. The summed E-state index contributed by atoms with van der Waals surface area (Å²) in [4.78, 5) is 1.18. The van der Waals surface area contributed by atoms with E-state index < -0.39 is 0 Å². The van der Waals surface area contributed by atoms with Crippen LogP contribution in [0.4, 0.5) is 0 Å². The van der Waals surface area contributed by atoms with Gasteiger partial charge in [0.05, 0.1) is 0 Å². The average Bonchev–Trinajstić information content (AvgIpc) is 2.03. The highest BCUT2D eigenvalue weighted by Crippen LogP contribution is 2.29. The van der Waals surface area contributed by atoms with Crippen LogP contribution in [0, 0.1) is 6.92 Å². The molecule has 0 saturated heterocycles. The van der Waals surface area contributed by atoms with Crippen LogP contribution in [0.15, 0.2) is 23.6 Å². The molecule has 1 rings (SSSR count). The van der Waals surface area contributed by atoms with E-state index in [1.165, 1.54) is 4.90 Å². The third-order valence-electron chi connectivity index (χ3n) is 1.71. The molecule has 1 aromatic rings. The van der Waals surface area contributed by atoms with Gasteiger partial charge in [-0.15, -0.1) is 11.8 Å². The van der Waals surface area contributed by atoms with Crippen molar-refractivity contribution in [3.8, 4) is 5.75 Å². The fourth-order valence-corrected chi connectivity index (χ4v) is 1.97. The van der Waals surface area contributed by atoms with Gasteiger partial charge in [0.25, 0.3) is 0 Å². The van der Waals surface area contributed by atoms with Gasteiger partial charge in [0.1, 0.15) is 5.75 Å². The molecule has 0 aliphatic carbocycles. The van der Waals surface area contributed by atoms with Gasteiger partial charge in [0, 0.05) is 4.90 Å². The number of phenols is 1. The molecule has 0 amide bonds. The third kappa shape index (κ3) is 1.64. The maximum Gasteiger partial charge on any atom is 0.116 e. The fourth-order valence-electron chi connectivity index (χ4n) is 1.21. The number of aromatic hydroxyl groups is 1. The average molecular weight is 180 g/mol. The van der Waals surface area contributed by atoms with Crippen LogP contribution in [-0.2, 0) is 0 Å². The van der Waals surface area contributed by atoms with E-state index in [0.717, 1.165) is 11.1 Å². The Labute approximate surface area is 77.1 Å². The number of rotatable bonds is 2. The molecular formula is C10H12OS. The molecule has 0 spiro atoms. The molecule has 0 radical (unpaired) electrons. The van der Waals surface area contributed by atoms with E-state index in [0.29, 0.717) is 5.75 Å². The van der Waals surface area contributed by atoms with Gasteiger partial charge < -0.3 is 5.11 Å². The molecule has 0 heterocycles. The zero-order chi connectivity index (χ0) is 9.14. The topological polar surface area (TPSA) is 20.2 Å². The normalized spacial score (nSPS) is 9.83. The SMILES string of the molecule is C=Cc1cc(O)cc(C)c1SC. The maximum absolute atomic E-state index is 9.29.